The lowest BCUT2D eigenvalue weighted by Crippen LogP contribution is -2.44. The largest absolute Gasteiger partial charge is 0.497 e. The van der Waals surface area contributed by atoms with Crippen LogP contribution in [0.25, 0.3) is 6.08 Å². The van der Waals surface area contributed by atoms with Gasteiger partial charge in [0.15, 0.2) is 0 Å². The van der Waals surface area contributed by atoms with Gasteiger partial charge in [0.1, 0.15) is 11.8 Å². The highest BCUT2D eigenvalue weighted by Crippen LogP contribution is 2.12. The van der Waals surface area contributed by atoms with Crippen LogP contribution in [0.1, 0.15) is 19.4 Å². The summed E-state index contributed by atoms with van der Waals surface area (Å²) in [4.78, 5) is 27.9. The second kappa shape index (κ2) is 8.76. The fourth-order valence-corrected chi connectivity index (χ4v) is 1.45. The van der Waals surface area contributed by atoms with E-state index in [4.69, 9.17) is 9.57 Å². The van der Waals surface area contributed by atoms with Crippen molar-refractivity contribution in [1.29, 1.82) is 0 Å². The molecule has 1 aromatic rings. The van der Waals surface area contributed by atoms with Crippen molar-refractivity contribution in [2.24, 2.45) is 0 Å². The van der Waals surface area contributed by atoms with Crippen molar-refractivity contribution in [3.05, 3.63) is 35.9 Å². The first-order chi connectivity index (χ1) is 10.1. The number of hydroxylamine groups is 1. The summed E-state index contributed by atoms with van der Waals surface area (Å²) in [6.07, 6.45) is 3.02. The van der Waals surface area contributed by atoms with Crippen molar-refractivity contribution in [1.82, 2.24) is 10.8 Å². The minimum Gasteiger partial charge on any atom is -0.497 e. The fourth-order valence-electron chi connectivity index (χ4n) is 1.45. The first-order valence-electron chi connectivity index (χ1n) is 6.61. The molecule has 0 heterocycles. The highest BCUT2D eigenvalue weighted by molar-refractivity contribution is 5.95. The Morgan fingerprint density at radius 3 is 2.52 bits per heavy atom. The van der Waals surface area contributed by atoms with Gasteiger partial charge in [0.25, 0.3) is 5.91 Å². The van der Waals surface area contributed by atoms with Crippen LogP contribution >= 0.6 is 0 Å². The molecule has 0 saturated carbocycles. The summed E-state index contributed by atoms with van der Waals surface area (Å²) in [6.45, 7) is 3.69. The van der Waals surface area contributed by atoms with Gasteiger partial charge < -0.3 is 10.1 Å². The molecule has 0 spiro atoms. The van der Waals surface area contributed by atoms with Gasteiger partial charge >= 0.3 is 0 Å². The van der Waals surface area contributed by atoms with Crippen LogP contribution < -0.4 is 15.5 Å². The zero-order valence-electron chi connectivity index (χ0n) is 12.4. The third-order valence-corrected chi connectivity index (χ3v) is 2.61. The molecule has 2 N–H and O–H groups in total. The van der Waals surface area contributed by atoms with E-state index in [1.165, 1.54) is 6.08 Å². The predicted octanol–water partition coefficient (Wildman–Crippen LogP) is 1.28. The fraction of sp³-hybridized carbons (Fsp3) is 0.333. The minimum absolute atomic E-state index is 0.357. The van der Waals surface area contributed by atoms with Crippen LogP contribution in [0.2, 0.25) is 0 Å². The highest BCUT2D eigenvalue weighted by atomic mass is 16.6. The van der Waals surface area contributed by atoms with Crippen LogP contribution in [0, 0.1) is 0 Å². The van der Waals surface area contributed by atoms with Gasteiger partial charge in [0.05, 0.1) is 13.7 Å². The van der Waals surface area contributed by atoms with Crippen molar-refractivity contribution < 1.29 is 19.2 Å². The molecular formula is C15H20N2O4. The molecule has 0 radical (unpaired) electrons. The van der Waals surface area contributed by atoms with Crippen LogP contribution in [-0.2, 0) is 14.4 Å². The monoisotopic (exact) mass is 292 g/mol. The smallest absolute Gasteiger partial charge is 0.265 e. The van der Waals surface area contributed by atoms with Crippen LogP contribution in [0.4, 0.5) is 0 Å². The standard InChI is InChI=1S/C15H20N2O4/c1-4-21-17-15(19)11(2)16-14(18)10-7-12-5-8-13(20-3)9-6-12/h5-11H,4H2,1-3H3,(H,16,18)(H,17,19)/b10-7+. The van der Waals surface area contributed by atoms with Gasteiger partial charge in [-0.3, -0.25) is 14.4 Å². The molecule has 1 unspecified atom stereocenters. The van der Waals surface area contributed by atoms with E-state index >= 15 is 0 Å². The number of rotatable bonds is 7. The Bertz CT molecular complexity index is 497. The maximum Gasteiger partial charge on any atom is 0.265 e. The van der Waals surface area contributed by atoms with Gasteiger partial charge in [0, 0.05) is 6.08 Å². The number of nitrogens with one attached hydrogen (secondary N) is 2. The van der Waals surface area contributed by atoms with Gasteiger partial charge in [-0.1, -0.05) is 12.1 Å². The van der Waals surface area contributed by atoms with E-state index < -0.39 is 11.9 Å². The molecule has 0 aliphatic heterocycles. The lowest BCUT2D eigenvalue weighted by molar-refractivity contribution is -0.136. The lowest BCUT2D eigenvalue weighted by atomic mass is 10.2. The Balaban J connectivity index is 2.48. The number of hydrogen-bond acceptors (Lipinski definition) is 4. The van der Waals surface area contributed by atoms with Crippen molar-refractivity contribution in [2.45, 2.75) is 19.9 Å². The molecule has 0 aromatic heterocycles. The Kier molecular flexibility index (Phi) is 6.97. The number of amides is 2. The maximum atomic E-state index is 11.7. The Labute approximate surface area is 124 Å². The van der Waals surface area contributed by atoms with E-state index in [0.717, 1.165) is 11.3 Å². The minimum atomic E-state index is -0.676. The average molecular weight is 292 g/mol. The van der Waals surface area contributed by atoms with Crippen molar-refractivity contribution in [3.8, 4) is 5.75 Å². The van der Waals surface area contributed by atoms with Crippen LogP contribution in [0.15, 0.2) is 30.3 Å². The highest BCUT2D eigenvalue weighted by Gasteiger charge is 2.13. The zero-order valence-corrected chi connectivity index (χ0v) is 12.4. The van der Waals surface area contributed by atoms with Crippen molar-refractivity contribution in [2.75, 3.05) is 13.7 Å². The molecule has 0 aliphatic carbocycles. The van der Waals surface area contributed by atoms with E-state index in [2.05, 4.69) is 10.8 Å². The summed E-state index contributed by atoms with van der Waals surface area (Å²) in [6, 6.07) is 6.58. The van der Waals surface area contributed by atoms with E-state index in [9.17, 15) is 9.59 Å². The number of benzene rings is 1. The van der Waals surface area contributed by atoms with Crippen LogP contribution in [0.3, 0.4) is 0 Å². The molecule has 0 saturated heterocycles. The third kappa shape index (κ3) is 6.09. The molecule has 6 nitrogen and oxygen atoms in total. The Morgan fingerprint density at radius 1 is 1.29 bits per heavy atom. The lowest BCUT2D eigenvalue weighted by Gasteiger charge is -2.11. The molecule has 1 aromatic carbocycles. The van der Waals surface area contributed by atoms with Crippen molar-refractivity contribution >= 4 is 17.9 Å². The molecular weight excluding hydrogens is 272 g/mol. The Morgan fingerprint density at radius 2 is 1.95 bits per heavy atom. The number of carbonyl (C=O) groups is 2. The van der Waals surface area contributed by atoms with E-state index in [1.54, 1.807) is 39.2 Å². The first-order valence-corrected chi connectivity index (χ1v) is 6.61. The molecule has 2 amide bonds. The maximum absolute atomic E-state index is 11.7. The Hall–Kier alpha value is -2.34. The topological polar surface area (TPSA) is 76.7 Å². The summed E-state index contributed by atoms with van der Waals surface area (Å²) in [7, 11) is 1.59. The van der Waals surface area contributed by atoms with Gasteiger partial charge in [-0.05, 0) is 37.6 Å². The summed E-state index contributed by atoms with van der Waals surface area (Å²) < 4.78 is 5.05. The van der Waals surface area contributed by atoms with Gasteiger partial charge in [0.2, 0.25) is 5.91 Å². The number of carbonyl (C=O) groups excluding carboxylic acids is 2. The van der Waals surface area contributed by atoms with Crippen LogP contribution in [0.5, 0.6) is 5.75 Å². The van der Waals surface area contributed by atoms with E-state index in [-0.39, 0.29) is 5.91 Å². The average Bonchev–Trinajstić information content (AvgIpc) is 2.50. The predicted molar refractivity (Wildman–Crippen MR) is 79.4 cm³/mol. The molecule has 6 heteroatoms. The van der Waals surface area contributed by atoms with Crippen LogP contribution in [-0.4, -0.2) is 31.6 Å². The third-order valence-electron chi connectivity index (χ3n) is 2.61. The van der Waals surface area contributed by atoms with Gasteiger partial charge in [-0.25, -0.2) is 5.48 Å². The second-order valence-electron chi connectivity index (χ2n) is 4.24. The molecule has 0 aliphatic rings. The molecule has 1 atom stereocenters. The summed E-state index contributed by atoms with van der Waals surface area (Å²) in [5.74, 6) is -0.00849. The summed E-state index contributed by atoms with van der Waals surface area (Å²) >= 11 is 0. The number of ether oxygens (including phenoxy) is 1. The van der Waals surface area contributed by atoms with E-state index in [0.29, 0.717) is 6.61 Å². The normalized spacial score (nSPS) is 12.0. The van der Waals surface area contributed by atoms with Crippen molar-refractivity contribution in [3.63, 3.8) is 0 Å². The molecule has 1 rings (SSSR count). The number of hydrogen-bond donors (Lipinski definition) is 2. The quantitative estimate of drug-likeness (QED) is 0.586. The summed E-state index contributed by atoms with van der Waals surface area (Å²) in [5, 5.41) is 2.54. The molecule has 0 bridgehead atoms. The van der Waals surface area contributed by atoms with Gasteiger partial charge in [-0.2, -0.15) is 0 Å². The SMILES string of the molecule is CCONC(=O)C(C)NC(=O)/C=C/c1ccc(OC)cc1. The zero-order chi connectivity index (χ0) is 15.7. The second-order valence-corrected chi connectivity index (χ2v) is 4.24. The molecule has 21 heavy (non-hydrogen) atoms. The molecule has 0 fully saturated rings. The summed E-state index contributed by atoms with van der Waals surface area (Å²) in [5.41, 5.74) is 3.09. The molecule has 114 valence electrons. The number of methoxy groups -OCH3 is 1. The van der Waals surface area contributed by atoms with Gasteiger partial charge in [-0.15, -0.1) is 0 Å². The first kappa shape index (κ1) is 16.7. The van der Waals surface area contributed by atoms with E-state index in [1.807, 2.05) is 12.1 Å².